The number of carbonyl (C=O) groups is 1. The smallest absolute Gasteiger partial charge is 0.165 e. The summed E-state index contributed by atoms with van der Waals surface area (Å²) in [6.07, 6.45) is 5.29. The molecule has 0 N–H and O–H groups in total. The Balaban J connectivity index is 2.78. The maximum Gasteiger partial charge on any atom is 0.165 e. The Hall–Kier alpha value is -1.11. The minimum Gasteiger partial charge on any atom is -0.294 e. The quantitative estimate of drug-likeness (QED) is 0.625. The molecule has 1 aromatic rings. The van der Waals surface area contributed by atoms with E-state index in [4.69, 9.17) is 0 Å². The lowest BCUT2D eigenvalue weighted by atomic mass is 9.90. The predicted molar refractivity (Wildman–Crippen MR) is 73.5 cm³/mol. The number of benzene rings is 1. The van der Waals surface area contributed by atoms with Gasteiger partial charge in [0, 0.05) is 11.5 Å². The van der Waals surface area contributed by atoms with Gasteiger partial charge in [-0.1, -0.05) is 51.8 Å². The normalized spacial score (nSPS) is 12.4. The van der Waals surface area contributed by atoms with Gasteiger partial charge in [0.25, 0.3) is 0 Å². The Morgan fingerprint density at radius 3 is 2.59 bits per heavy atom. The Morgan fingerprint density at radius 1 is 1.24 bits per heavy atom. The molecule has 0 aromatic heterocycles. The van der Waals surface area contributed by atoms with Gasteiger partial charge >= 0.3 is 0 Å². The molecule has 17 heavy (non-hydrogen) atoms. The Kier molecular flexibility index (Phi) is 5.96. The fraction of sp³-hybridized carbons (Fsp3) is 0.562. The van der Waals surface area contributed by atoms with E-state index < -0.39 is 0 Å². The molecule has 0 aliphatic heterocycles. The highest BCUT2D eigenvalue weighted by molar-refractivity contribution is 5.97. The summed E-state index contributed by atoms with van der Waals surface area (Å²) in [6.45, 7) is 6.41. The third-order valence-corrected chi connectivity index (χ3v) is 3.39. The predicted octanol–water partition coefficient (Wildman–Crippen LogP) is 4.65. The van der Waals surface area contributed by atoms with Crippen LogP contribution in [0, 0.1) is 5.92 Å². The Bertz CT molecular complexity index is 354. The van der Waals surface area contributed by atoms with Gasteiger partial charge in [-0.05, 0) is 30.9 Å². The molecule has 1 atom stereocenters. The van der Waals surface area contributed by atoms with E-state index in [0.717, 1.165) is 31.2 Å². The molecule has 0 bridgehead atoms. The SMILES string of the molecule is CCCCC(CC)C(=O)c1cccc(CC)c1. The van der Waals surface area contributed by atoms with E-state index in [9.17, 15) is 4.79 Å². The lowest BCUT2D eigenvalue weighted by Crippen LogP contribution is -2.14. The standard InChI is InChI=1S/C16H24O/c1-4-7-10-14(6-3)16(17)15-11-8-9-13(5-2)12-15/h8-9,11-12,14H,4-7,10H2,1-3H3. The second kappa shape index (κ2) is 7.26. The van der Waals surface area contributed by atoms with Crippen LogP contribution >= 0.6 is 0 Å². The molecule has 0 spiro atoms. The molecular formula is C16H24O. The van der Waals surface area contributed by atoms with Crippen LogP contribution in [-0.2, 0) is 6.42 Å². The van der Waals surface area contributed by atoms with Crippen LogP contribution in [0.1, 0.15) is 62.4 Å². The molecule has 0 amide bonds. The van der Waals surface area contributed by atoms with Crippen molar-refractivity contribution in [3.63, 3.8) is 0 Å². The number of hydrogen-bond donors (Lipinski definition) is 0. The van der Waals surface area contributed by atoms with Gasteiger partial charge in [0.2, 0.25) is 0 Å². The molecule has 1 unspecified atom stereocenters. The maximum atomic E-state index is 12.3. The van der Waals surface area contributed by atoms with E-state index in [1.54, 1.807) is 0 Å². The van der Waals surface area contributed by atoms with Crippen LogP contribution in [0.3, 0.4) is 0 Å². The van der Waals surface area contributed by atoms with Gasteiger partial charge in [0.05, 0.1) is 0 Å². The Labute approximate surface area is 105 Å². The van der Waals surface area contributed by atoms with Gasteiger partial charge in [0.1, 0.15) is 0 Å². The van der Waals surface area contributed by atoms with Crippen LogP contribution in [0.2, 0.25) is 0 Å². The van der Waals surface area contributed by atoms with E-state index >= 15 is 0 Å². The fourth-order valence-electron chi connectivity index (χ4n) is 2.15. The third kappa shape index (κ3) is 3.99. The van der Waals surface area contributed by atoms with Crippen molar-refractivity contribution in [2.24, 2.45) is 5.92 Å². The van der Waals surface area contributed by atoms with Crippen molar-refractivity contribution in [1.29, 1.82) is 0 Å². The van der Waals surface area contributed by atoms with Crippen molar-refractivity contribution in [3.05, 3.63) is 35.4 Å². The minimum absolute atomic E-state index is 0.210. The van der Waals surface area contributed by atoms with Crippen LogP contribution in [0.15, 0.2) is 24.3 Å². The van der Waals surface area contributed by atoms with Crippen molar-refractivity contribution in [1.82, 2.24) is 0 Å². The average molecular weight is 232 g/mol. The first-order chi connectivity index (χ1) is 8.22. The van der Waals surface area contributed by atoms with E-state index in [1.165, 1.54) is 12.0 Å². The van der Waals surface area contributed by atoms with E-state index in [0.29, 0.717) is 5.78 Å². The largest absolute Gasteiger partial charge is 0.294 e. The van der Waals surface area contributed by atoms with Gasteiger partial charge < -0.3 is 0 Å². The molecule has 1 nitrogen and oxygen atoms in total. The zero-order valence-corrected chi connectivity index (χ0v) is 11.3. The second-order valence-corrected chi connectivity index (χ2v) is 4.67. The summed E-state index contributed by atoms with van der Waals surface area (Å²) in [5.74, 6) is 0.540. The summed E-state index contributed by atoms with van der Waals surface area (Å²) in [5.41, 5.74) is 2.15. The monoisotopic (exact) mass is 232 g/mol. The molecule has 0 heterocycles. The molecule has 0 saturated heterocycles. The molecule has 94 valence electrons. The first kappa shape index (κ1) is 14.0. The Morgan fingerprint density at radius 2 is 2.00 bits per heavy atom. The second-order valence-electron chi connectivity index (χ2n) is 4.67. The van der Waals surface area contributed by atoms with E-state index in [2.05, 4.69) is 32.9 Å². The summed E-state index contributed by atoms with van der Waals surface area (Å²) in [4.78, 5) is 12.3. The lowest BCUT2D eigenvalue weighted by molar-refractivity contribution is 0.0908. The topological polar surface area (TPSA) is 17.1 Å². The summed E-state index contributed by atoms with van der Waals surface area (Å²) >= 11 is 0. The molecule has 1 rings (SSSR count). The fourth-order valence-corrected chi connectivity index (χ4v) is 2.15. The number of carbonyl (C=O) groups excluding carboxylic acids is 1. The van der Waals surface area contributed by atoms with Crippen LogP contribution in [0.4, 0.5) is 0 Å². The first-order valence-corrected chi connectivity index (χ1v) is 6.86. The molecule has 0 saturated carbocycles. The first-order valence-electron chi connectivity index (χ1n) is 6.86. The van der Waals surface area contributed by atoms with E-state index in [1.807, 2.05) is 12.1 Å². The van der Waals surface area contributed by atoms with E-state index in [-0.39, 0.29) is 5.92 Å². The highest BCUT2D eigenvalue weighted by Crippen LogP contribution is 2.19. The number of hydrogen-bond acceptors (Lipinski definition) is 1. The van der Waals surface area contributed by atoms with Gasteiger partial charge in [-0.3, -0.25) is 4.79 Å². The van der Waals surface area contributed by atoms with Crippen LogP contribution < -0.4 is 0 Å². The molecule has 0 fully saturated rings. The van der Waals surface area contributed by atoms with Crippen LogP contribution in [-0.4, -0.2) is 5.78 Å². The highest BCUT2D eigenvalue weighted by atomic mass is 16.1. The minimum atomic E-state index is 0.210. The van der Waals surface area contributed by atoms with Crippen LogP contribution in [0.25, 0.3) is 0 Å². The average Bonchev–Trinajstić information content (AvgIpc) is 2.39. The summed E-state index contributed by atoms with van der Waals surface area (Å²) in [6, 6.07) is 8.09. The van der Waals surface area contributed by atoms with Crippen molar-refractivity contribution in [2.75, 3.05) is 0 Å². The lowest BCUT2D eigenvalue weighted by Gasteiger charge is -2.13. The van der Waals surface area contributed by atoms with Crippen molar-refractivity contribution in [2.45, 2.75) is 52.9 Å². The molecule has 1 aromatic carbocycles. The number of unbranched alkanes of at least 4 members (excludes halogenated alkanes) is 1. The number of aryl methyl sites for hydroxylation is 1. The highest BCUT2D eigenvalue weighted by Gasteiger charge is 2.17. The summed E-state index contributed by atoms with van der Waals surface area (Å²) < 4.78 is 0. The summed E-state index contributed by atoms with van der Waals surface area (Å²) in [5, 5.41) is 0. The van der Waals surface area contributed by atoms with Gasteiger partial charge in [0.15, 0.2) is 5.78 Å². The van der Waals surface area contributed by atoms with Gasteiger partial charge in [-0.2, -0.15) is 0 Å². The van der Waals surface area contributed by atoms with Gasteiger partial charge in [-0.15, -0.1) is 0 Å². The number of ketones is 1. The van der Waals surface area contributed by atoms with Crippen molar-refractivity contribution in [3.8, 4) is 0 Å². The summed E-state index contributed by atoms with van der Waals surface area (Å²) in [7, 11) is 0. The maximum absolute atomic E-state index is 12.3. The van der Waals surface area contributed by atoms with Crippen molar-refractivity contribution < 1.29 is 4.79 Å². The molecular weight excluding hydrogens is 208 g/mol. The molecule has 0 aliphatic carbocycles. The zero-order chi connectivity index (χ0) is 12.7. The van der Waals surface area contributed by atoms with Crippen molar-refractivity contribution >= 4 is 5.78 Å². The van der Waals surface area contributed by atoms with Gasteiger partial charge in [-0.25, -0.2) is 0 Å². The number of rotatable bonds is 7. The molecule has 0 aliphatic rings. The van der Waals surface area contributed by atoms with Crippen LogP contribution in [0.5, 0.6) is 0 Å². The molecule has 1 heteroatoms. The zero-order valence-electron chi connectivity index (χ0n) is 11.3. The number of Topliss-reactive ketones (excluding diaryl/α,β-unsaturated/α-hetero) is 1. The third-order valence-electron chi connectivity index (χ3n) is 3.39. The molecule has 0 radical (unpaired) electrons.